The van der Waals surface area contributed by atoms with E-state index in [0.29, 0.717) is 11.1 Å². The van der Waals surface area contributed by atoms with E-state index >= 15 is 0 Å². The number of carboxylic acid groups (broad SMARTS) is 2. The average Bonchev–Trinajstić information content (AvgIpc) is 3.09. The van der Waals surface area contributed by atoms with Gasteiger partial charge in [0.05, 0.1) is 0 Å². The van der Waals surface area contributed by atoms with E-state index in [9.17, 15) is 9.59 Å². The molecule has 0 spiro atoms. The van der Waals surface area contributed by atoms with Gasteiger partial charge in [0.25, 0.3) is 0 Å². The fraction of sp³-hybridized carbons (Fsp3) is 0.0698. The zero-order valence-corrected chi connectivity index (χ0v) is 27.2. The van der Waals surface area contributed by atoms with E-state index in [0.717, 1.165) is 50.4 Å². The topological polar surface area (TPSA) is 77.8 Å². The van der Waals surface area contributed by atoms with Crippen molar-refractivity contribution >= 4 is 65.5 Å². The van der Waals surface area contributed by atoms with Crippen LogP contribution in [0.25, 0.3) is 36.5 Å². The summed E-state index contributed by atoms with van der Waals surface area (Å²) in [6.07, 6.45) is 11.5. The van der Waals surface area contributed by atoms with Crippen LogP contribution in [0.3, 0.4) is 0 Å². The SMILES string of the molecule is CC(=Cc1ccc(C=Cc2ccc(N(c3ccc(C)cc3)c3ccc(C=Cc4ccc(C=C(C)C(=O)O)cc4)cc3)cc2)cc1)C(=O)O. The van der Waals surface area contributed by atoms with Gasteiger partial charge in [0, 0.05) is 28.2 Å². The molecule has 0 aromatic heterocycles. The first-order chi connectivity index (χ1) is 23.1. The van der Waals surface area contributed by atoms with E-state index in [1.165, 1.54) is 5.56 Å². The Labute approximate surface area is 281 Å². The Hall–Kier alpha value is -6.20. The van der Waals surface area contributed by atoms with Crippen LogP contribution in [0.5, 0.6) is 0 Å². The van der Waals surface area contributed by atoms with Gasteiger partial charge >= 0.3 is 11.9 Å². The molecular formula is C43H37NO4. The highest BCUT2D eigenvalue weighted by Crippen LogP contribution is 2.35. The number of hydrogen-bond acceptors (Lipinski definition) is 3. The molecule has 2 N–H and O–H groups in total. The van der Waals surface area contributed by atoms with Crippen molar-refractivity contribution in [2.24, 2.45) is 0 Å². The molecule has 0 heterocycles. The Balaban J connectivity index is 1.32. The fourth-order valence-corrected chi connectivity index (χ4v) is 5.03. The molecular weight excluding hydrogens is 594 g/mol. The van der Waals surface area contributed by atoms with Crippen molar-refractivity contribution < 1.29 is 19.8 Å². The Morgan fingerprint density at radius 2 is 0.688 bits per heavy atom. The monoisotopic (exact) mass is 631 g/mol. The van der Waals surface area contributed by atoms with Crippen LogP contribution in [-0.2, 0) is 9.59 Å². The lowest BCUT2D eigenvalue weighted by Crippen LogP contribution is -2.09. The van der Waals surface area contributed by atoms with Gasteiger partial charge in [0.2, 0.25) is 0 Å². The minimum Gasteiger partial charge on any atom is -0.478 e. The second kappa shape index (κ2) is 15.4. The Kier molecular flexibility index (Phi) is 10.6. The number of benzene rings is 5. The molecule has 5 rings (SSSR count). The molecule has 0 saturated heterocycles. The number of hydrogen-bond donors (Lipinski definition) is 2. The van der Waals surface area contributed by atoms with Crippen molar-refractivity contribution in [1.82, 2.24) is 0 Å². The number of nitrogens with zero attached hydrogens (tertiary/aromatic N) is 1. The third kappa shape index (κ3) is 8.95. The van der Waals surface area contributed by atoms with Crippen LogP contribution in [0.15, 0.2) is 132 Å². The highest BCUT2D eigenvalue weighted by atomic mass is 16.4. The summed E-state index contributed by atoms with van der Waals surface area (Å²) in [5, 5.41) is 18.2. The van der Waals surface area contributed by atoms with E-state index < -0.39 is 11.9 Å². The molecule has 0 radical (unpaired) electrons. The van der Waals surface area contributed by atoms with E-state index in [-0.39, 0.29) is 0 Å². The zero-order valence-electron chi connectivity index (χ0n) is 27.2. The summed E-state index contributed by atoms with van der Waals surface area (Å²) in [7, 11) is 0. The molecule has 5 heteroatoms. The first-order valence-electron chi connectivity index (χ1n) is 15.6. The van der Waals surface area contributed by atoms with Gasteiger partial charge < -0.3 is 15.1 Å². The summed E-state index contributed by atoms with van der Waals surface area (Å²) in [6, 6.07) is 40.9. The van der Waals surface area contributed by atoms with Crippen molar-refractivity contribution in [3.63, 3.8) is 0 Å². The van der Waals surface area contributed by atoms with Crippen molar-refractivity contribution in [3.05, 3.63) is 171 Å². The van der Waals surface area contributed by atoms with Crippen LogP contribution in [0, 0.1) is 6.92 Å². The van der Waals surface area contributed by atoms with Crippen molar-refractivity contribution in [2.75, 3.05) is 4.90 Å². The number of aryl methyl sites for hydroxylation is 1. The second-order valence-electron chi connectivity index (χ2n) is 11.6. The Bertz CT molecular complexity index is 1870. The molecule has 5 aromatic rings. The molecule has 5 nitrogen and oxygen atoms in total. The Morgan fingerprint density at radius 1 is 0.438 bits per heavy atom. The van der Waals surface area contributed by atoms with Crippen LogP contribution in [0.1, 0.15) is 52.8 Å². The minimum atomic E-state index is -0.919. The van der Waals surface area contributed by atoms with E-state index in [1.54, 1.807) is 26.0 Å². The maximum absolute atomic E-state index is 11.1. The normalized spacial score (nSPS) is 12.1. The third-order valence-corrected chi connectivity index (χ3v) is 7.85. The predicted molar refractivity (Wildman–Crippen MR) is 199 cm³/mol. The molecule has 238 valence electrons. The molecule has 0 aliphatic rings. The number of carbonyl (C=O) groups is 2. The standard InChI is InChI=1S/C43H37NO4/c1-30-4-22-39(23-5-30)44(40-24-18-35(19-25-40)8-6-33-10-14-37(15-11-33)28-31(2)42(45)46)41-26-20-36(21-27-41)9-7-34-12-16-38(17-13-34)29-32(3)43(47)48/h4-29H,1-3H3,(H,45,46)(H,47,48). The van der Waals surface area contributed by atoms with Gasteiger partial charge in [-0.25, -0.2) is 9.59 Å². The first kappa shape index (κ1) is 33.2. The summed E-state index contributed by atoms with van der Waals surface area (Å²) >= 11 is 0. The molecule has 0 saturated carbocycles. The van der Waals surface area contributed by atoms with Crippen LogP contribution < -0.4 is 4.90 Å². The molecule has 5 aromatic carbocycles. The molecule has 0 amide bonds. The number of anilines is 3. The van der Waals surface area contributed by atoms with E-state index in [4.69, 9.17) is 10.2 Å². The van der Waals surface area contributed by atoms with Gasteiger partial charge in [-0.3, -0.25) is 0 Å². The minimum absolute atomic E-state index is 0.300. The smallest absolute Gasteiger partial charge is 0.331 e. The van der Waals surface area contributed by atoms with Gasteiger partial charge in [-0.15, -0.1) is 0 Å². The number of aliphatic carboxylic acids is 2. The molecule has 0 aliphatic carbocycles. The Morgan fingerprint density at radius 3 is 0.979 bits per heavy atom. The summed E-state index contributed by atoms with van der Waals surface area (Å²) < 4.78 is 0. The van der Waals surface area contributed by atoms with Crippen molar-refractivity contribution in [3.8, 4) is 0 Å². The highest BCUT2D eigenvalue weighted by Gasteiger charge is 2.12. The van der Waals surface area contributed by atoms with E-state index in [1.807, 2.05) is 60.7 Å². The van der Waals surface area contributed by atoms with Gasteiger partial charge in [-0.05, 0) is 103 Å². The van der Waals surface area contributed by atoms with Crippen LogP contribution in [0.4, 0.5) is 17.1 Å². The molecule has 0 atom stereocenters. The molecule has 0 bridgehead atoms. The summed E-state index contributed by atoms with van der Waals surface area (Å²) in [5.41, 5.74) is 10.8. The maximum atomic E-state index is 11.1. The fourth-order valence-electron chi connectivity index (χ4n) is 5.03. The lowest BCUT2D eigenvalue weighted by molar-refractivity contribution is -0.133. The predicted octanol–water partition coefficient (Wildman–Crippen LogP) is 10.8. The summed E-state index contributed by atoms with van der Waals surface area (Å²) in [5.74, 6) is -1.84. The zero-order chi connectivity index (χ0) is 34.0. The highest BCUT2D eigenvalue weighted by molar-refractivity contribution is 5.92. The van der Waals surface area contributed by atoms with Gasteiger partial charge in [-0.1, -0.05) is 115 Å². The molecule has 48 heavy (non-hydrogen) atoms. The molecule has 0 unspecified atom stereocenters. The van der Waals surface area contributed by atoms with E-state index in [2.05, 4.69) is 96.8 Å². The molecule has 0 aliphatic heterocycles. The van der Waals surface area contributed by atoms with Gasteiger partial charge in [-0.2, -0.15) is 0 Å². The lowest BCUT2D eigenvalue weighted by atomic mass is 10.1. The summed E-state index contributed by atoms with van der Waals surface area (Å²) in [4.78, 5) is 24.4. The summed E-state index contributed by atoms with van der Waals surface area (Å²) in [6.45, 7) is 5.26. The van der Waals surface area contributed by atoms with Crippen LogP contribution >= 0.6 is 0 Å². The van der Waals surface area contributed by atoms with Gasteiger partial charge in [0.1, 0.15) is 0 Å². The second-order valence-corrected chi connectivity index (χ2v) is 11.6. The largest absolute Gasteiger partial charge is 0.478 e. The van der Waals surface area contributed by atoms with Crippen LogP contribution in [-0.4, -0.2) is 22.2 Å². The average molecular weight is 632 g/mol. The van der Waals surface area contributed by atoms with Crippen LogP contribution in [0.2, 0.25) is 0 Å². The first-order valence-corrected chi connectivity index (χ1v) is 15.6. The van der Waals surface area contributed by atoms with Gasteiger partial charge in [0.15, 0.2) is 0 Å². The number of carboxylic acids is 2. The molecule has 0 fully saturated rings. The van der Waals surface area contributed by atoms with Crippen molar-refractivity contribution in [1.29, 1.82) is 0 Å². The lowest BCUT2D eigenvalue weighted by Gasteiger charge is -2.26. The third-order valence-electron chi connectivity index (χ3n) is 7.85. The van der Waals surface area contributed by atoms with Crippen molar-refractivity contribution in [2.45, 2.75) is 20.8 Å². The number of rotatable bonds is 11. The quantitative estimate of drug-likeness (QED) is 0.112. The maximum Gasteiger partial charge on any atom is 0.331 e.